The molecule has 1 rings (SSSR count). The van der Waals surface area contributed by atoms with Crippen LogP contribution in [0.1, 0.15) is 15.9 Å². The fraction of sp³-hybridized carbons (Fsp3) is 0.308. The van der Waals surface area contributed by atoms with Crippen LogP contribution in [0.3, 0.4) is 0 Å². The molecule has 0 unspecified atom stereocenters. The van der Waals surface area contributed by atoms with Crippen molar-refractivity contribution in [3.8, 4) is 0 Å². The Morgan fingerprint density at radius 1 is 1.42 bits per heavy atom. The Morgan fingerprint density at radius 2 is 2.11 bits per heavy atom. The highest BCUT2D eigenvalue weighted by Crippen LogP contribution is 2.18. The Labute approximate surface area is 109 Å². The van der Waals surface area contributed by atoms with E-state index in [9.17, 15) is 18.0 Å². The van der Waals surface area contributed by atoms with Gasteiger partial charge in [-0.05, 0) is 17.7 Å². The van der Waals surface area contributed by atoms with Crippen LogP contribution >= 0.6 is 0 Å². The Hall–Kier alpha value is -1.82. The van der Waals surface area contributed by atoms with Crippen molar-refractivity contribution in [3.05, 3.63) is 48.0 Å². The summed E-state index contributed by atoms with van der Waals surface area (Å²) in [5, 5.41) is 8.82. The summed E-state index contributed by atoms with van der Waals surface area (Å²) in [4.78, 5) is 11.9. The minimum absolute atomic E-state index is 0.0205. The highest BCUT2D eigenvalue weighted by molar-refractivity contribution is 5.87. The molecule has 6 heteroatoms. The highest BCUT2D eigenvalue weighted by atomic mass is 19.4. The van der Waals surface area contributed by atoms with E-state index in [1.165, 1.54) is 24.3 Å². The van der Waals surface area contributed by atoms with Gasteiger partial charge in [0.25, 0.3) is 0 Å². The summed E-state index contributed by atoms with van der Waals surface area (Å²) < 4.78 is 37.1. The number of aromatic carboxylic acids is 1. The minimum Gasteiger partial charge on any atom is -0.478 e. The standard InChI is InChI=1S/C13H14F3NO2/c1-2-6-17(9-13(14,15)16)8-10-4-3-5-11(7-10)12(18)19/h2-5,7H,1,6,8-9H2,(H,18,19). The third kappa shape index (κ3) is 5.56. The van der Waals surface area contributed by atoms with Crippen molar-refractivity contribution in [1.82, 2.24) is 4.90 Å². The molecule has 19 heavy (non-hydrogen) atoms. The molecule has 0 heterocycles. The predicted octanol–water partition coefficient (Wildman–Crippen LogP) is 2.94. The first-order chi connectivity index (χ1) is 8.81. The summed E-state index contributed by atoms with van der Waals surface area (Å²) in [6.45, 7) is 2.46. The van der Waals surface area contributed by atoms with Crippen LogP contribution in [0, 0.1) is 0 Å². The van der Waals surface area contributed by atoms with Gasteiger partial charge in [0.05, 0.1) is 12.1 Å². The maximum atomic E-state index is 12.4. The zero-order valence-corrected chi connectivity index (χ0v) is 10.2. The van der Waals surface area contributed by atoms with Crippen LogP contribution in [0.5, 0.6) is 0 Å². The molecular weight excluding hydrogens is 259 g/mol. The lowest BCUT2D eigenvalue weighted by Gasteiger charge is -2.22. The van der Waals surface area contributed by atoms with E-state index in [4.69, 9.17) is 5.11 Å². The number of hydrogen-bond acceptors (Lipinski definition) is 2. The van der Waals surface area contributed by atoms with Crippen LogP contribution in [-0.4, -0.2) is 35.2 Å². The molecule has 0 amide bonds. The van der Waals surface area contributed by atoms with Crippen LogP contribution in [0.15, 0.2) is 36.9 Å². The second-order valence-electron chi connectivity index (χ2n) is 4.08. The van der Waals surface area contributed by atoms with E-state index < -0.39 is 18.7 Å². The van der Waals surface area contributed by atoms with Gasteiger partial charge in [0, 0.05) is 13.1 Å². The topological polar surface area (TPSA) is 40.5 Å². The van der Waals surface area contributed by atoms with Gasteiger partial charge >= 0.3 is 12.1 Å². The van der Waals surface area contributed by atoms with Gasteiger partial charge in [0.1, 0.15) is 0 Å². The smallest absolute Gasteiger partial charge is 0.401 e. The van der Waals surface area contributed by atoms with E-state index in [-0.39, 0.29) is 18.7 Å². The molecule has 0 saturated heterocycles. The summed E-state index contributed by atoms with van der Waals surface area (Å²) in [7, 11) is 0. The average Bonchev–Trinajstić information content (AvgIpc) is 2.27. The third-order valence-electron chi connectivity index (χ3n) is 2.37. The summed E-state index contributed by atoms with van der Waals surface area (Å²) in [5.74, 6) is -1.10. The molecule has 0 aliphatic rings. The van der Waals surface area contributed by atoms with E-state index in [0.29, 0.717) is 5.56 Å². The second-order valence-corrected chi connectivity index (χ2v) is 4.08. The molecule has 0 fully saturated rings. The van der Waals surface area contributed by atoms with Crippen molar-refractivity contribution in [3.63, 3.8) is 0 Å². The van der Waals surface area contributed by atoms with Gasteiger partial charge in [-0.1, -0.05) is 18.2 Å². The van der Waals surface area contributed by atoms with Crippen molar-refractivity contribution in [2.24, 2.45) is 0 Å². The quantitative estimate of drug-likeness (QED) is 0.810. The summed E-state index contributed by atoms with van der Waals surface area (Å²) in [5.41, 5.74) is 0.578. The van der Waals surface area contributed by atoms with Crippen molar-refractivity contribution in [2.75, 3.05) is 13.1 Å². The minimum atomic E-state index is -4.30. The fourth-order valence-electron chi connectivity index (χ4n) is 1.68. The number of benzene rings is 1. The fourth-order valence-corrected chi connectivity index (χ4v) is 1.68. The Bertz CT molecular complexity index is 457. The van der Waals surface area contributed by atoms with Gasteiger partial charge < -0.3 is 5.11 Å². The molecule has 0 aliphatic carbocycles. The third-order valence-corrected chi connectivity index (χ3v) is 2.37. The number of carbonyl (C=O) groups is 1. The van der Waals surface area contributed by atoms with Gasteiger partial charge in [-0.15, -0.1) is 6.58 Å². The first kappa shape index (κ1) is 15.2. The van der Waals surface area contributed by atoms with Gasteiger partial charge in [0.15, 0.2) is 0 Å². The zero-order valence-electron chi connectivity index (χ0n) is 10.2. The van der Waals surface area contributed by atoms with Crippen LogP contribution in [0.25, 0.3) is 0 Å². The zero-order chi connectivity index (χ0) is 14.5. The van der Waals surface area contributed by atoms with Crippen molar-refractivity contribution >= 4 is 5.97 Å². The molecule has 1 aromatic rings. The molecular formula is C13H14F3NO2. The molecule has 0 aromatic heterocycles. The number of carboxylic acid groups (broad SMARTS) is 1. The van der Waals surface area contributed by atoms with Gasteiger partial charge in [-0.25, -0.2) is 4.79 Å². The highest BCUT2D eigenvalue weighted by Gasteiger charge is 2.30. The summed E-state index contributed by atoms with van der Waals surface area (Å²) in [6.07, 6.45) is -2.92. The largest absolute Gasteiger partial charge is 0.478 e. The lowest BCUT2D eigenvalue weighted by molar-refractivity contribution is -0.145. The molecule has 0 saturated carbocycles. The van der Waals surface area contributed by atoms with Crippen LogP contribution in [-0.2, 0) is 6.54 Å². The van der Waals surface area contributed by atoms with E-state index in [0.717, 1.165) is 4.90 Å². The molecule has 0 spiro atoms. The maximum absolute atomic E-state index is 12.4. The molecule has 3 nitrogen and oxygen atoms in total. The lowest BCUT2D eigenvalue weighted by Crippen LogP contribution is -2.33. The van der Waals surface area contributed by atoms with E-state index in [2.05, 4.69) is 6.58 Å². The van der Waals surface area contributed by atoms with Crippen LogP contribution < -0.4 is 0 Å². The molecule has 0 atom stereocenters. The van der Waals surface area contributed by atoms with E-state index >= 15 is 0 Å². The predicted molar refractivity (Wildman–Crippen MR) is 64.9 cm³/mol. The molecule has 0 bridgehead atoms. The number of hydrogen-bond donors (Lipinski definition) is 1. The first-order valence-corrected chi connectivity index (χ1v) is 5.54. The maximum Gasteiger partial charge on any atom is 0.401 e. The lowest BCUT2D eigenvalue weighted by atomic mass is 10.1. The SMILES string of the molecule is C=CCN(Cc1cccc(C(=O)O)c1)CC(F)(F)F. The molecule has 1 aromatic carbocycles. The Morgan fingerprint density at radius 3 is 2.63 bits per heavy atom. The van der Waals surface area contributed by atoms with Gasteiger partial charge in [-0.3, -0.25) is 4.90 Å². The van der Waals surface area contributed by atoms with E-state index in [1.807, 2.05) is 0 Å². The second kappa shape index (κ2) is 6.38. The average molecular weight is 273 g/mol. The van der Waals surface area contributed by atoms with Gasteiger partial charge in [-0.2, -0.15) is 13.2 Å². The van der Waals surface area contributed by atoms with Crippen molar-refractivity contribution in [1.29, 1.82) is 0 Å². The normalized spacial score (nSPS) is 11.6. The summed E-state index contributed by atoms with van der Waals surface area (Å²) in [6, 6.07) is 5.87. The summed E-state index contributed by atoms with van der Waals surface area (Å²) >= 11 is 0. The molecule has 1 N–H and O–H groups in total. The molecule has 0 radical (unpaired) electrons. The molecule has 0 aliphatic heterocycles. The van der Waals surface area contributed by atoms with Crippen molar-refractivity contribution in [2.45, 2.75) is 12.7 Å². The number of rotatable bonds is 6. The van der Waals surface area contributed by atoms with Crippen LogP contribution in [0.4, 0.5) is 13.2 Å². The van der Waals surface area contributed by atoms with Crippen molar-refractivity contribution < 1.29 is 23.1 Å². The molecule has 104 valence electrons. The van der Waals surface area contributed by atoms with E-state index in [1.54, 1.807) is 6.07 Å². The number of halogens is 3. The van der Waals surface area contributed by atoms with Gasteiger partial charge in [0.2, 0.25) is 0 Å². The Balaban J connectivity index is 2.81. The Kier molecular flexibility index (Phi) is 5.11. The monoisotopic (exact) mass is 273 g/mol. The van der Waals surface area contributed by atoms with Crippen LogP contribution in [0.2, 0.25) is 0 Å². The first-order valence-electron chi connectivity index (χ1n) is 5.54. The number of carboxylic acids is 1. The number of nitrogens with zero attached hydrogens (tertiary/aromatic N) is 1. The number of alkyl halides is 3.